The van der Waals surface area contributed by atoms with E-state index in [9.17, 15) is 4.79 Å². The van der Waals surface area contributed by atoms with Crippen molar-refractivity contribution in [3.8, 4) is 0 Å². The van der Waals surface area contributed by atoms with Gasteiger partial charge < -0.3 is 4.74 Å². The van der Waals surface area contributed by atoms with Crippen molar-refractivity contribution in [2.75, 3.05) is 6.54 Å². The molecule has 0 N–H and O–H groups in total. The second-order valence-corrected chi connectivity index (χ2v) is 8.18. The Labute approximate surface area is 139 Å². The lowest BCUT2D eigenvalue weighted by Gasteiger charge is -2.40. The molecule has 2 unspecified atom stereocenters. The zero-order chi connectivity index (χ0) is 16.8. The van der Waals surface area contributed by atoms with E-state index < -0.39 is 5.60 Å². The third kappa shape index (κ3) is 2.97. The van der Waals surface area contributed by atoms with E-state index in [1.807, 2.05) is 31.7 Å². The summed E-state index contributed by atoms with van der Waals surface area (Å²) in [5.41, 5.74) is 0.755. The molecule has 2 bridgehead atoms. The van der Waals surface area contributed by atoms with Gasteiger partial charge in [-0.2, -0.15) is 0 Å². The summed E-state index contributed by atoms with van der Waals surface area (Å²) in [5.74, 6) is 0. The molecule has 0 aromatic heterocycles. The molecule has 2 heterocycles. The van der Waals surface area contributed by atoms with Gasteiger partial charge in [0.15, 0.2) is 0 Å². The maximum absolute atomic E-state index is 12.5. The van der Waals surface area contributed by atoms with Crippen molar-refractivity contribution in [1.29, 1.82) is 0 Å². The minimum Gasteiger partial charge on any atom is -0.444 e. The number of likely N-dealkylation sites (tertiary alicyclic amines) is 1. The van der Waals surface area contributed by atoms with Gasteiger partial charge in [0.05, 0.1) is 6.17 Å². The van der Waals surface area contributed by atoms with Crippen molar-refractivity contribution in [2.45, 2.75) is 70.8 Å². The Morgan fingerprint density at radius 2 is 1.74 bits per heavy atom. The Morgan fingerprint density at radius 3 is 2.35 bits per heavy atom. The monoisotopic (exact) mass is 316 g/mol. The smallest absolute Gasteiger partial charge is 0.411 e. The first kappa shape index (κ1) is 16.3. The zero-order valence-electron chi connectivity index (χ0n) is 14.9. The Morgan fingerprint density at radius 1 is 1.09 bits per heavy atom. The van der Waals surface area contributed by atoms with Crippen LogP contribution in [0.25, 0.3) is 0 Å². The van der Waals surface area contributed by atoms with Crippen LogP contribution in [0.5, 0.6) is 0 Å². The van der Waals surface area contributed by atoms with Crippen LogP contribution in [-0.2, 0) is 10.3 Å². The van der Waals surface area contributed by atoms with E-state index >= 15 is 0 Å². The van der Waals surface area contributed by atoms with Gasteiger partial charge in [-0.25, -0.2) is 4.79 Å². The van der Waals surface area contributed by atoms with E-state index in [-0.39, 0.29) is 17.8 Å². The summed E-state index contributed by atoms with van der Waals surface area (Å²) < 4.78 is 5.60. The number of carbonyl (C=O) groups excluding carboxylic acids is 1. The number of benzene rings is 1. The standard InChI is InChI=1S/C19H28N2O2/c1-18(2,3)23-17(22)20-13-15-11-12-16(20)21(15)19(4,5)14-9-7-6-8-10-14/h6-10,15-16H,11-13H2,1-5H3. The molecule has 126 valence electrons. The van der Waals surface area contributed by atoms with Crippen LogP contribution in [0.2, 0.25) is 0 Å². The lowest BCUT2D eigenvalue weighted by atomic mass is 9.91. The first-order valence-electron chi connectivity index (χ1n) is 8.54. The summed E-state index contributed by atoms with van der Waals surface area (Å²) in [6.45, 7) is 11.1. The third-order valence-corrected chi connectivity index (χ3v) is 4.99. The zero-order valence-corrected chi connectivity index (χ0v) is 14.9. The number of amides is 1. The molecule has 4 heteroatoms. The average Bonchev–Trinajstić information content (AvgIpc) is 3.05. The summed E-state index contributed by atoms with van der Waals surface area (Å²) >= 11 is 0. The molecular weight excluding hydrogens is 288 g/mol. The molecule has 4 nitrogen and oxygen atoms in total. The van der Waals surface area contributed by atoms with Crippen molar-refractivity contribution in [3.05, 3.63) is 35.9 Å². The number of nitrogens with zero attached hydrogens (tertiary/aromatic N) is 2. The summed E-state index contributed by atoms with van der Waals surface area (Å²) in [6, 6.07) is 11.0. The SMILES string of the molecule is CC(C)(C)OC(=O)N1CC2CCC1N2C(C)(C)c1ccccc1. The first-order chi connectivity index (χ1) is 10.7. The van der Waals surface area contributed by atoms with Gasteiger partial charge in [-0.15, -0.1) is 0 Å². The number of hydrogen-bond acceptors (Lipinski definition) is 3. The topological polar surface area (TPSA) is 32.8 Å². The second kappa shape index (κ2) is 5.52. The van der Waals surface area contributed by atoms with E-state index in [1.54, 1.807) is 0 Å². The van der Waals surface area contributed by atoms with Crippen molar-refractivity contribution < 1.29 is 9.53 Å². The largest absolute Gasteiger partial charge is 0.444 e. The second-order valence-electron chi connectivity index (χ2n) is 8.18. The van der Waals surface area contributed by atoms with Crippen molar-refractivity contribution >= 4 is 6.09 Å². The molecule has 0 aliphatic carbocycles. The molecule has 3 rings (SSSR count). The molecule has 2 atom stereocenters. The van der Waals surface area contributed by atoms with Gasteiger partial charge in [0.25, 0.3) is 0 Å². The van der Waals surface area contributed by atoms with Gasteiger partial charge in [0.1, 0.15) is 5.60 Å². The molecule has 23 heavy (non-hydrogen) atoms. The number of rotatable bonds is 2. The van der Waals surface area contributed by atoms with Crippen molar-refractivity contribution in [1.82, 2.24) is 9.80 Å². The molecule has 1 aromatic carbocycles. The quantitative estimate of drug-likeness (QED) is 0.828. The molecule has 0 radical (unpaired) electrons. The molecular formula is C19H28N2O2. The highest BCUT2D eigenvalue weighted by molar-refractivity contribution is 5.69. The fourth-order valence-electron chi connectivity index (χ4n) is 4.04. The van der Waals surface area contributed by atoms with E-state index in [0.717, 1.165) is 19.4 Å². The van der Waals surface area contributed by atoms with Gasteiger partial charge in [-0.1, -0.05) is 30.3 Å². The van der Waals surface area contributed by atoms with Crippen molar-refractivity contribution in [2.24, 2.45) is 0 Å². The highest BCUT2D eigenvalue weighted by Crippen LogP contribution is 2.44. The van der Waals surface area contributed by atoms with Crippen LogP contribution in [-0.4, -0.2) is 40.2 Å². The van der Waals surface area contributed by atoms with Crippen LogP contribution in [0.15, 0.2) is 30.3 Å². The molecule has 1 amide bonds. The minimum atomic E-state index is -0.446. The van der Waals surface area contributed by atoms with Crippen LogP contribution in [0, 0.1) is 0 Å². The van der Waals surface area contributed by atoms with Crippen molar-refractivity contribution in [3.63, 3.8) is 0 Å². The van der Waals surface area contributed by atoms with Gasteiger partial charge >= 0.3 is 6.09 Å². The number of ether oxygens (including phenoxy) is 1. The minimum absolute atomic E-state index is 0.0934. The Hall–Kier alpha value is -1.55. The Kier molecular flexibility index (Phi) is 3.91. The van der Waals surface area contributed by atoms with E-state index in [0.29, 0.717) is 6.04 Å². The highest BCUT2D eigenvalue weighted by atomic mass is 16.6. The molecule has 2 aliphatic rings. The van der Waals surface area contributed by atoms with Crippen LogP contribution in [0.1, 0.15) is 53.0 Å². The molecule has 1 aromatic rings. The predicted molar refractivity (Wildman–Crippen MR) is 91.1 cm³/mol. The van der Waals surface area contributed by atoms with Crippen LogP contribution < -0.4 is 0 Å². The third-order valence-electron chi connectivity index (χ3n) is 4.99. The maximum Gasteiger partial charge on any atom is 0.411 e. The average molecular weight is 316 g/mol. The summed E-state index contributed by atoms with van der Waals surface area (Å²) in [7, 11) is 0. The highest BCUT2D eigenvalue weighted by Gasteiger charge is 2.53. The van der Waals surface area contributed by atoms with E-state index in [2.05, 4.69) is 43.0 Å². The fourth-order valence-corrected chi connectivity index (χ4v) is 4.04. The van der Waals surface area contributed by atoms with Gasteiger partial charge in [-0.3, -0.25) is 9.80 Å². The summed E-state index contributed by atoms with van der Waals surface area (Å²) in [5, 5.41) is 0. The van der Waals surface area contributed by atoms with Gasteiger partial charge in [-0.05, 0) is 53.0 Å². The van der Waals surface area contributed by atoms with Gasteiger partial charge in [0, 0.05) is 18.1 Å². The molecule has 2 saturated heterocycles. The van der Waals surface area contributed by atoms with E-state index in [1.165, 1.54) is 5.56 Å². The lowest BCUT2D eigenvalue weighted by molar-refractivity contribution is 0.00415. The Bertz CT molecular complexity index is 577. The summed E-state index contributed by atoms with van der Waals surface area (Å²) in [4.78, 5) is 17.0. The molecule has 2 aliphatic heterocycles. The lowest BCUT2D eigenvalue weighted by Crippen LogP contribution is -2.48. The first-order valence-corrected chi connectivity index (χ1v) is 8.54. The van der Waals surface area contributed by atoms with E-state index in [4.69, 9.17) is 4.74 Å². The predicted octanol–water partition coefficient (Wildman–Crippen LogP) is 3.96. The molecule has 0 spiro atoms. The van der Waals surface area contributed by atoms with Crippen LogP contribution >= 0.6 is 0 Å². The normalized spacial score (nSPS) is 25.0. The molecule has 0 saturated carbocycles. The number of hydrogen-bond donors (Lipinski definition) is 0. The van der Waals surface area contributed by atoms with Gasteiger partial charge in [0.2, 0.25) is 0 Å². The maximum atomic E-state index is 12.5. The molecule has 2 fully saturated rings. The van der Waals surface area contributed by atoms with Crippen LogP contribution in [0.4, 0.5) is 4.79 Å². The number of fused-ring (bicyclic) bond motifs is 2. The number of piperidine rings is 1. The fraction of sp³-hybridized carbons (Fsp3) is 0.632. The number of carbonyl (C=O) groups is 1. The Balaban J connectivity index is 1.82. The summed E-state index contributed by atoms with van der Waals surface area (Å²) in [6.07, 6.45) is 2.14. The van der Waals surface area contributed by atoms with Crippen LogP contribution in [0.3, 0.4) is 0 Å².